The summed E-state index contributed by atoms with van der Waals surface area (Å²) < 4.78 is 2.66. The largest absolute Gasteiger partial charge is 0.274 e. The normalized spacial score (nSPS) is 11.0. The van der Waals surface area contributed by atoms with E-state index in [2.05, 4.69) is 17.0 Å². The van der Waals surface area contributed by atoms with Gasteiger partial charge in [-0.1, -0.05) is 30.0 Å². The monoisotopic (exact) mass is 227 g/mol. The van der Waals surface area contributed by atoms with Gasteiger partial charge in [0.25, 0.3) is 5.56 Å². The van der Waals surface area contributed by atoms with E-state index >= 15 is 0 Å². The first-order chi connectivity index (χ1) is 6.70. The molecular formula is C8H9N3OS2. The summed E-state index contributed by atoms with van der Waals surface area (Å²) in [6, 6.07) is 1.49. The van der Waals surface area contributed by atoms with Crippen LogP contribution in [0.1, 0.15) is 12.6 Å². The van der Waals surface area contributed by atoms with Gasteiger partial charge in [0.05, 0.1) is 0 Å². The van der Waals surface area contributed by atoms with Gasteiger partial charge in [-0.2, -0.15) is 4.98 Å². The molecule has 2 heterocycles. The number of hydrogen-bond acceptors (Lipinski definition) is 5. The quantitative estimate of drug-likeness (QED) is 0.731. The van der Waals surface area contributed by atoms with Crippen molar-refractivity contribution in [3.8, 4) is 0 Å². The van der Waals surface area contributed by atoms with Gasteiger partial charge in [0.1, 0.15) is 0 Å². The fourth-order valence-corrected chi connectivity index (χ4v) is 3.00. The van der Waals surface area contributed by atoms with Gasteiger partial charge in [0, 0.05) is 11.8 Å². The number of hydrogen-bond donors (Lipinski definition) is 0. The highest BCUT2D eigenvalue weighted by molar-refractivity contribution is 8.01. The lowest BCUT2D eigenvalue weighted by Crippen LogP contribution is -2.08. The molecule has 4 nitrogen and oxygen atoms in total. The van der Waals surface area contributed by atoms with Gasteiger partial charge in [0.2, 0.25) is 4.96 Å². The highest BCUT2D eigenvalue weighted by Crippen LogP contribution is 2.23. The van der Waals surface area contributed by atoms with E-state index in [0.29, 0.717) is 4.96 Å². The van der Waals surface area contributed by atoms with E-state index in [1.54, 1.807) is 16.3 Å². The Morgan fingerprint density at radius 1 is 1.64 bits per heavy atom. The highest BCUT2D eigenvalue weighted by Gasteiger charge is 2.06. The molecule has 0 aliphatic heterocycles. The van der Waals surface area contributed by atoms with E-state index in [1.807, 2.05) is 6.92 Å². The van der Waals surface area contributed by atoms with Crippen LogP contribution >= 0.6 is 23.1 Å². The molecule has 2 rings (SSSR count). The van der Waals surface area contributed by atoms with E-state index in [0.717, 1.165) is 15.8 Å². The average molecular weight is 227 g/mol. The van der Waals surface area contributed by atoms with Crippen LogP contribution in [0.3, 0.4) is 0 Å². The predicted octanol–water partition coefficient (Wildman–Crippen LogP) is 1.57. The van der Waals surface area contributed by atoms with E-state index in [9.17, 15) is 4.79 Å². The third-order valence-electron chi connectivity index (χ3n) is 1.68. The minimum absolute atomic E-state index is 0.195. The van der Waals surface area contributed by atoms with E-state index < -0.39 is 0 Å². The Morgan fingerprint density at radius 3 is 3.14 bits per heavy atom. The molecule has 6 heteroatoms. The fourth-order valence-electron chi connectivity index (χ4n) is 1.11. The zero-order chi connectivity index (χ0) is 10.1. The van der Waals surface area contributed by atoms with Gasteiger partial charge >= 0.3 is 0 Å². The summed E-state index contributed by atoms with van der Waals surface area (Å²) in [5, 5.41) is 4.34. The van der Waals surface area contributed by atoms with Crippen molar-refractivity contribution in [3.63, 3.8) is 0 Å². The molecule has 0 radical (unpaired) electrons. The number of aromatic nitrogens is 3. The molecule has 0 unspecified atom stereocenters. The highest BCUT2D eigenvalue weighted by atomic mass is 32.2. The van der Waals surface area contributed by atoms with Crippen molar-refractivity contribution in [1.82, 2.24) is 14.6 Å². The molecule has 0 fully saturated rings. The lowest BCUT2D eigenvalue weighted by atomic mass is 10.5. The van der Waals surface area contributed by atoms with Gasteiger partial charge in [-0.15, -0.1) is 5.10 Å². The Kier molecular flexibility index (Phi) is 2.56. The van der Waals surface area contributed by atoms with Crippen molar-refractivity contribution in [2.24, 2.45) is 0 Å². The second-order valence-corrected chi connectivity index (χ2v) is 5.20. The van der Waals surface area contributed by atoms with Crippen molar-refractivity contribution in [2.45, 2.75) is 18.2 Å². The van der Waals surface area contributed by atoms with Crippen LogP contribution in [0.2, 0.25) is 0 Å². The van der Waals surface area contributed by atoms with Crippen molar-refractivity contribution in [1.29, 1.82) is 0 Å². The Balaban J connectivity index is 2.64. The topological polar surface area (TPSA) is 47.3 Å². The van der Waals surface area contributed by atoms with Crippen molar-refractivity contribution in [2.75, 3.05) is 5.75 Å². The lowest BCUT2D eigenvalue weighted by Gasteiger charge is -1.93. The number of fused-ring (bicyclic) bond motifs is 1. The molecule has 0 bridgehead atoms. The van der Waals surface area contributed by atoms with Gasteiger partial charge < -0.3 is 0 Å². The SMILES string of the molecule is CCSc1nn2c(C)cc(=O)nc2s1. The molecule has 0 aromatic carbocycles. The summed E-state index contributed by atoms with van der Waals surface area (Å²) in [6.07, 6.45) is 0. The van der Waals surface area contributed by atoms with Crippen molar-refractivity contribution >= 4 is 28.1 Å². The molecule has 0 atom stereocenters. The number of nitrogens with zero attached hydrogens (tertiary/aromatic N) is 3. The first-order valence-electron chi connectivity index (χ1n) is 4.21. The van der Waals surface area contributed by atoms with E-state index in [-0.39, 0.29) is 5.56 Å². The van der Waals surface area contributed by atoms with Crippen molar-refractivity contribution < 1.29 is 0 Å². The van der Waals surface area contributed by atoms with Gasteiger partial charge in [-0.3, -0.25) is 4.79 Å². The van der Waals surface area contributed by atoms with Crippen LogP contribution < -0.4 is 5.56 Å². The zero-order valence-corrected chi connectivity index (χ0v) is 9.48. The Labute approximate surface area is 89.0 Å². The minimum Gasteiger partial charge on any atom is -0.267 e. The first kappa shape index (κ1) is 9.67. The average Bonchev–Trinajstić information content (AvgIpc) is 2.48. The Hall–Kier alpha value is -0.880. The number of rotatable bonds is 2. The maximum Gasteiger partial charge on any atom is 0.274 e. The van der Waals surface area contributed by atoms with Crippen molar-refractivity contribution in [3.05, 3.63) is 22.1 Å². The fraction of sp³-hybridized carbons (Fsp3) is 0.375. The molecule has 0 amide bonds. The summed E-state index contributed by atoms with van der Waals surface area (Å²) in [6.45, 7) is 3.93. The minimum atomic E-state index is -0.195. The van der Waals surface area contributed by atoms with Crippen LogP contribution in [0.15, 0.2) is 15.2 Å². The second kappa shape index (κ2) is 3.70. The van der Waals surface area contributed by atoms with Gasteiger partial charge in [-0.25, -0.2) is 4.52 Å². The van der Waals surface area contributed by atoms with Crippen LogP contribution in [0.25, 0.3) is 4.96 Å². The molecule has 2 aromatic heterocycles. The summed E-state index contributed by atoms with van der Waals surface area (Å²) in [7, 11) is 0. The molecule has 2 aromatic rings. The summed E-state index contributed by atoms with van der Waals surface area (Å²) >= 11 is 3.11. The predicted molar refractivity (Wildman–Crippen MR) is 58.3 cm³/mol. The number of aryl methyl sites for hydroxylation is 1. The molecule has 74 valence electrons. The summed E-state index contributed by atoms with van der Waals surface area (Å²) in [5.74, 6) is 0.976. The van der Waals surface area contributed by atoms with Crippen LogP contribution in [-0.2, 0) is 0 Å². The molecular weight excluding hydrogens is 218 g/mol. The van der Waals surface area contributed by atoms with E-state index in [1.165, 1.54) is 17.4 Å². The molecule has 0 saturated heterocycles. The lowest BCUT2D eigenvalue weighted by molar-refractivity contribution is 0.849. The molecule has 0 spiro atoms. The molecule has 0 aliphatic rings. The Morgan fingerprint density at radius 2 is 2.43 bits per heavy atom. The van der Waals surface area contributed by atoms with E-state index in [4.69, 9.17) is 0 Å². The number of thioether (sulfide) groups is 1. The van der Waals surface area contributed by atoms with Crippen LogP contribution in [-0.4, -0.2) is 20.4 Å². The molecule has 0 aliphatic carbocycles. The molecule has 14 heavy (non-hydrogen) atoms. The van der Waals surface area contributed by atoms with Crippen LogP contribution in [0.5, 0.6) is 0 Å². The smallest absolute Gasteiger partial charge is 0.267 e. The molecule has 0 saturated carbocycles. The van der Waals surface area contributed by atoms with Crippen LogP contribution in [0.4, 0.5) is 0 Å². The zero-order valence-electron chi connectivity index (χ0n) is 7.85. The summed E-state index contributed by atoms with van der Waals surface area (Å²) in [5.41, 5.74) is 0.637. The second-order valence-electron chi connectivity index (χ2n) is 2.73. The summed E-state index contributed by atoms with van der Waals surface area (Å²) in [4.78, 5) is 15.7. The first-order valence-corrected chi connectivity index (χ1v) is 6.01. The third-order valence-corrected chi connectivity index (χ3v) is 3.61. The molecule has 0 N–H and O–H groups in total. The maximum atomic E-state index is 11.1. The van der Waals surface area contributed by atoms with Gasteiger partial charge in [0.15, 0.2) is 4.34 Å². The maximum absolute atomic E-state index is 11.1. The third kappa shape index (κ3) is 1.67. The Bertz CT molecular complexity index is 517. The van der Waals surface area contributed by atoms with Crippen LogP contribution in [0, 0.1) is 6.92 Å². The standard InChI is InChI=1S/C8H9N3OS2/c1-3-13-8-10-11-5(2)4-6(12)9-7(11)14-8/h4H,3H2,1-2H3. The van der Waals surface area contributed by atoms with Gasteiger partial charge in [-0.05, 0) is 12.7 Å².